The van der Waals surface area contributed by atoms with E-state index in [1.807, 2.05) is 0 Å². The monoisotopic (exact) mass is 321 g/mol. The number of aliphatic carboxylic acids is 1. The maximum Gasteiger partial charge on any atom is 0.304 e. The summed E-state index contributed by atoms with van der Waals surface area (Å²) in [6.45, 7) is 1.76. The Morgan fingerprint density at radius 3 is 2.82 bits per heavy atom. The number of nitrogens with one attached hydrogen (secondary N) is 1. The number of nitrogens with zero attached hydrogens (tertiary/aromatic N) is 2. The van der Waals surface area contributed by atoms with E-state index in [-0.39, 0.29) is 23.8 Å². The molecule has 0 radical (unpaired) electrons. The standard InChI is InChI=1S/C14H15N3O4S/c1-9-13(7-15-16-9)22(20,21)17-8-10(6-14(18)19)11-4-2-3-5-12(11)17/h2-5,7,10H,6,8H2,1H3,(H,15,16)(H,18,19)/t10-/m0/s1. The quantitative estimate of drug-likeness (QED) is 0.888. The van der Waals surface area contributed by atoms with E-state index in [1.165, 1.54) is 10.5 Å². The second-order valence-electron chi connectivity index (χ2n) is 5.25. The Bertz CT molecular complexity index is 828. The molecule has 0 amide bonds. The van der Waals surface area contributed by atoms with Gasteiger partial charge in [-0.05, 0) is 18.6 Å². The molecule has 0 bridgehead atoms. The highest BCUT2D eigenvalue weighted by Gasteiger charge is 2.38. The van der Waals surface area contributed by atoms with Crippen molar-refractivity contribution in [3.05, 3.63) is 41.7 Å². The van der Waals surface area contributed by atoms with Crippen LogP contribution in [0, 0.1) is 6.92 Å². The summed E-state index contributed by atoms with van der Waals surface area (Å²) in [4.78, 5) is 11.1. The van der Waals surface area contributed by atoms with Crippen LogP contribution in [0.1, 0.15) is 23.6 Å². The van der Waals surface area contributed by atoms with Crippen LogP contribution in [0.4, 0.5) is 5.69 Å². The maximum absolute atomic E-state index is 12.8. The Kier molecular flexibility index (Phi) is 3.40. The molecule has 1 aromatic carbocycles. The number of carboxylic acids is 1. The van der Waals surface area contributed by atoms with Gasteiger partial charge in [0.25, 0.3) is 10.0 Å². The number of hydrogen-bond donors (Lipinski definition) is 2. The fraction of sp³-hybridized carbons (Fsp3) is 0.286. The van der Waals surface area contributed by atoms with Crippen molar-refractivity contribution >= 4 is 21.7 Å². The molecule has 0 saturated heterocycles. The van der Waals surface area contributed by atoms with Crippen LogP contribution in [0.3, 0.4) is 0 Å². The predicted molar refractivity (Wildman–Crippen MR) is 79.3 cm³/mol. The highest BCUT2D eigenvalue weighted by Crippen LogP contribution is 2.41. The summed E-state index contributed by atoms with van der Waals surface area (Å²) in [6.07, 6.45) is 1.17. The second-order valence-corrected chi connectivity index (χ2v) is 7.08. The summed E-state index contributed by atoms with van der Waals surface area (Å²) in [6, 6.07) is 7.00. The Morgan fingerprint density at radius 1 is 1.45 bits per heavy atom. The van der Waals surface area contributed by atoms with Gasteiger partial charge >= 0.3 is 5.97 Å². The van der Waals surface area contributed by atoms with Crippen molar-refractivity contribution in [1.29, 1.82) is 0 Å². The summed E-state index contributed by atoms with van der Waals surface area (Å²) < 4.78 is 26.9. The number of aromatic amines is 1. The number of hydrogen-bond acceptors (Lipinski definition) is 4. The summed E-state index contributed by atoms with van der Waals surface area (Å²) in [5.74, 6) is -1.30. The third-order valence-electron chi connectivity index (χ3n) is 3.80. The van der Waals surface area contributed by atoms with Crippen molar-refractivity contribution in [3.63, 3.8) is 0 Å². The van der Waals surface area contributed by atoms with Crippen molar-refractivity contribution in [2.75, 3.05) is 10.8 Å². The fourth-order valence-electron chi connectivity index (χ4n) is 2.79. The van der Waals surface area contributed by atoms with Crippen LogP contribution in [0.25, 0.3) is 0 Å². The lowest BCUT2D eigenvalue weighted by Gasteiger charge is -2.19. The van der Waals surface area contributed by atoms with E-state index in [9.17, 15) is 13.2 Å². The number of benzene rings is 1. The molecule has 2 aromatic rings. The average molecular weight is 321 g/mol. The second kappa shape index (κ2) is 5.13. The smallest absolute Gasteiger partial charge is 0.304 e. The van der Waals surface area contributed by atoms with Crippen molar-refractivity contribution in [2.45, 2.75) is 24.2 Å². The number of fused-ring (bicyclic) bond motifs is 1. The van der Waals surface area contributed by atoms with Crippen LogP contribution in [0.5, 0.6) is 0 Å². The number of sulfonamides is 1. The fourth-order valence-corrected chi connectivity index (χ4v) is 4.45. The molecule has 8 heteroatoms. The number of para-hydroxylation sites is 1. The van der Waals surface area contributed by atoms with Gasteiger partial charge in [0.1, 0.15) is 4.90 Å². The Hall–Kier alpha value is -2.35. The Balaban J connectivity index is 2.06. The minimum atomic E-state index is -3.76. The number of aromatic nitrogens is 2. The Labute approximate surface area is 127 Å². The number of rotatable bonds is 4. The SMILES string of the molecule is Cc1[nH]ncc1S(=O)(=O)N1C[C@H](CC(=O)O)c2ccccc21. The van der Waals surface area contributed by atoms with Gasteiger partial charge in [-0.2, -0.15) is 5.10 Å². The van der Waals surface area contributed by atoms with Gasteiger partial charge in [-0.15, -0.1) is 0 Å². The molecule has 0 fully saturated rings. The molecule has 2 N–H and O–H groups in total. The van der Waals surface area contributed by atoms with Gasteiger partial charge in [0.15, 0.2) is 0 Å². The van der Waals surface area contributed by atoms with Crippen molar-refractivity contribution in [2.24, 2.45) is 0 Å². The summed E-state index contributed by atoms with van der Waals surface area (Å²) >= 11 is 0. The van der Waals surface area contributed by atoms with Gasteiger partial charge in [-0.1, -0.05) is 18.2 Å². The predicted octanol–water partition coefficient (Wildman–Crippen LogP) is 1.49. The molecule has 3 rings (SSSR count). The van der Waals surface area contributed by atoms with Crippen LogP contribution >= 0.6 is 0 Å². The van der Waals surface area contributed by atoms with Crippen molar-refractivity contribution in [1.82, 2.24) is 10.2 Å². The van der Waals surface area contributed by atoms with Gasteiger partial charge in [0, 0.05) is 12.5 Å². The van der Waals surface area contributed by atoms with Gasteiger partial charge in [0.05, 0.1) is 24.0 Å². The number of carboxylic acid groups (broad SMARTS) is 1. The average Bonchev–Trinajstić information content (AvgIpc) is 3.04. The minimum absolute atomic E-state index is 0.104. The largest absolute Gasteiger partial charge is 0.481 e. The van der Waals surface area contributed by atoms with E-state index in [2.05, 4.69) is 10.2 Å². The number of H-pyrrole nitrogens is 1. The van der Waals surface area contributed by atoms with E-state index >= 15 is 0 Å². The summed E-state index contributed by atoms with van der Waals surface area (Å²) in [5.41, 5.74) is 1.74. The lowest BCUT2D eigenvalue weighted by Crippen LogP contribution is -2.30. The number of carbonyl (C=O) groups is 1. The number of anilines is 1. The molecule has 2 heterocycles. The molecule has 7 nitrogen and oxygen atoms in total. The molecule has 116 valence electrons. The zero-order chi connectivity index (χ0) is 15.9. The normalized spacial score (nSPS) is 17.5. The highest BCUT2D eigenvalue weighted by molar-refractivity contribution is 7.92. The van der Waals surface area contributed by atoms with Crippen molar-refractivity contribution < 1.29 is 18.3 Å². The van der Waals surface area contributed by atoms with Crippen LogP contribution in [-0.2, 0) is 14.8 Å². The molecule has 0 unspecified atom stereocenters. The molecular weight excluding hydrogens is 306 g/mol. The van der Waals surface area contributed by atoms with Gasteiger partial charge in [0.2, 0.25) is 0 Å². The zero-order valence-electron chi connectivity index (χ0n) is 11.9. The maximum atomic E-state index is 12.8. The molecule has 1 aliphatic heterocycles. The lowest BCUT2D eigenvalue weighted by atomic mass is 9.98. The summed E-state index contributed by atoms with van der Waals surface area (Å²) in [7, 11) is -3.76. The summed E-state index contributed by atoms with van der Waals surface area (Å²) in [5, 5.41) is 15.4. The first-order chi connectivity index (χ1) is 10.4. The van der Waals surface area contributed by atoms with Gasteiger partial charge < -0.3 is 5.11 Å². The third-order valence-corrected chi connectivity index (χ3v) is 5.70. The topological polar surface area (TPSA) is 103 Å². The molecular formula is C14H15N3O4S. The first-order valence-electron chi connectivity index (χ1n) is 6.74. The Morgan fingerprint density at radius 2 is 2.18 bits per heavy atom. The zero-order valence-corrected chi connectivity index (χ0v) is 12.7. The van der Waals surface area contributed by atoms with Crippen LogP contribution in [0.2, 0.25) is 0 Å². The first kappa shape index (κ1) is 14.6. The molecule has 22 heavy (non-hydrogen) atoms. The third kappa shape index (κ3) is 2.25. The van der Waals surface area contributed by atoms with Crippen molar-refractivity contribution in [3.8, 4) is 0 Å². The molecule has 0 spiro atoms. The van der Waals surface area contributed by atoms with Gasteiger partial charge in [-0.25, -0.2) is 8.42 Å². The van der Waals surface area contributed by atoms with E-state index in [0.29, 0.717) is 11.4 Å². The molecule has 0 saturated carbocycles. The van der Waals surface area contributed by atoms with E-state index in [1.54, 1.807) is 31.2 Å². The molecule has 1 atom stereocenters. The highest BCUT2D eigenvalue weighted by atomic mass is 32.2. The van der Waals surface area contributed by atoms with Crippen LogP contribution in [-0.4, -0.2) is 36.2 Å². The van der Waals surface area contributed by atoms with Crippen LogP contribution < -0.4 is 4.31 Å². The lowest BCUT2D eigenvalue weighted by molar-refractivity contribution is -0.137. The van der Waals surface area contributed by atoms with E-state index in [0.717, 1.165) is 5.56 Å². The first-order valence-corrected chi connectivity index (χ1v) is 8.18. The van der Waals surface area contributed by atoms with Gasteiger partial charge in [-0.3, -0.25) is 14.2 Å². The van der Waals surface area contributed by atoms with E-state index < -0.39 is 16.0 Å². The molecule has 0 aliphatic carbocycles. The number of aryl methyl sites for hydroxylation is 1. The molecule has 1 aromatic heterocycles. The van der Waals surface area contributed by atoms with E-state index in [4.69, 9.17) is 5.11 Å². The molecule has 1 aliphatic rings. The minimum Gasteiger partial charge on any atom is -0.481 e. The van der Waals surface area contributed by atoms with Crippen LogP contribution in [0.15, 0.2) is 35.4 Å².